The Bertz CT molecular complexity index is 1030. The summed E-state index contributed by atoms with van der Waals surface area (Å²) in [6, 6.07) is 10.1. The predicted molar refractivity (Wildman–Crippen MR) is 125 cm³/mol. The lowest BCUT2D eigenvalue weighted by Gasteiger charge is -2.56. The first kappa shape index (κ1) is 21.8. The van der Waals surface area contributed by atoms with Crippen LogP contribution in [0.1, 0.15) is 38.5 Å². The highest BCUT2D eigenvalue weighted by Crippen LogP contribution is 2.59. The number of carbonyl (C=O) groups is 1. The van der Waals surface area contributed by atoms with Gasteiger partial charge in [-0.2, -0.15) is 0 Å². The lowest BCUT2D eigenvalue weighted by atomic mass is 9.49. The molecule has 1 aromatic carbocycles. The molecule has 4 saturated carbocycles. The van der Waals surface area contributed by atoms with Crippen LogP contribution in [-0.4, -0.2) is 34.5 Å². The van der Waals surface area contributed by atoms with Gasteiger partial charge in [0, 0.05) is 13.6 Å². The fourth-order valence-electron chi connectivity index (χ4n) is 6.43. The third kappa shape index (κ3) is 4.27. The van der Waals surface area contributed by atoms with Crippen LogP contribution in [0.25, 0.3) is 0 Å². The normalized spacial score (nSPS) is 28.5. The highest BCUT2D eigenvalue weighted by molar-refractivity contribution is 7.94. The zero-order valence-corrected chi connectivity index (χ0v) is 20.0. The Labute approximate surface area is 194 Å². The minimum atomic E-state index is -3.57. The van der Waals surface area contributed by atoms with Crippen LogP contribution in [0, 0.1) is 23.2 Å². The predicted octanol–water partition coefficient (Wildman–Crippen LogP) is 4.28. The van der Waals surface area contributed by atoms with E-state index in [1.807, 2.05) is 0 Å². The van der Waals surface area contributed by atoms with Gasteiger partial charge in [0.05, 0.1) is 5.69 Å². The van der Waals surface area contributed by atoms with Crippen molar-refractivity contribution in [2.75, 3.05) is 24.5 Å². The van der Waals surface area contributed by atoms with Gasteiger partial charge in [-0.25, -0.2) is 8.42 Å². The van der Waals surface area contributed by atoms with Gasteiger partial charge >= 0.3 is 0 Å². The van der Waals surface area contributed by atoms with Crippen LogP contribution in [0.5, 0.6) is 5.75 Å². The fraction of sp³-hybridized carbons (Fsp3) is 0.542. The van der Waals surface area contributed by atoms with Crippen molar-refractivity contribution < 1.29 is 17.9 Å². The van der Waals surface area contributed by atoms with Crippen LogP contribution in [0.15, 0.2) is 46.0 Å². The topological polar surface area (TPSA) is 75.7 Å². The van der Waals surface area contributed by atoms with Crippen molar-refractivity contribution in [1.82, 2.24) is 5.32 Å². The van der Waals surface area contributed by atoms with Gasteiger partial charge in [-0.05, 0) is 97.4 Å². The highest BCUT2D eigenvalue weighted by Gasteiger charge is 2.50. The van der Waals surface area contributed by atoms with Crippen LogP contribution in [0.2, 0.25) is 0 Å². The molecule has 1 N–H and O–H groups in total. The molecule has 0 spiro atoms. The van der Waals surface area contributed by atoms with Crippen molar-refractivity contribution in [1.29, 1.82) is 0 Å². The van der Waals surface area contributed by atoms with E-state index in [0.717, 1.165) is 24.3 Å². The maximum Gasteiger partial charge on any atom is 0.273 e. The van der Waals surface area contributed by atoms with Gasteiger partial charge in [-0.3, -0.25) is 9.10 Å². The number of ether oxygens (including phenoxy) is 1. The van der Waals surface area contributed by atoms with E-state index in [1.165, 1.54) is 61.2 Å². The first-order valence-corrected chi connectivity index (χ1v) is 13.7. The summed E-state index contributed by atoms with van der Waals surface area (Å²) in [5.41, 5.74) is 0.849. The van der Waals surface area contributed by atoms with Crippen LogP contribution < -0.4 is 14.4 Å². The average molecular weight is 475 g/mol. The number of hydrogen-bond acceptors (Lipinski definition) is 5. The van der Waals surface area contributed by atoms with Gasteiger partial charge in [0.25, 0.3) is 15.9 Å². The van der Waals surface area contributed by atoms with Crippen LogP contribution in [0.3, 0.4) is 0 Å². The minimum absolute atomic E-state index is 0.0327. The molecule has 32 heavy (non-hydrogen) atoms. The monoisotopic (exact) mass is 474 g/mol. The van der Waals surface area contributed by atoms with E-state index in [9.17, 15) is 13.2 Å². The lowest BCUT2D eigenvalue weighted by molar-refractivity contribution is -0.125. The third-order valence-corrected chi connectivity index (χ3v) is 10.7. The summed E-state index contributed by atoms with van der Waals surface area (Å²) >= 11 is 1.19. The van der Waals surface area contributed by atoms with Crippen molar-refractivity contribution in [3.63, 3.8) is 0 Å². The van der Waals surface area contributed by atoms with Crippen LogP contribution >= 0.6 is 11.3 Å². The quantitative estimate of drug-likeness (QED) is 0.619. The summed E-state index contributed by atoms with van der Waals surface area (Å²) in [5.74, 6) is 3.06. The SMILES string of the molecule is CN(c1ccc(OCC(=O)NCC23CC4CC(CC(C4)C2)C3)cc1)S(=O)(=O)c1cccs1. The molecule has 6 rings (SSSR count). The van der Waals surface area contributed by atoms with Crippen molar-refractivity contribution in [2.45, 2.75) is 42.7 Å². The number of hydrogen-bond donors (Lipinski definition) is 1. The average Bonchev–Trinajstić information content (AvgIpc) is 3.31. The number of amides is 1. The van der Waals surface area contributed by atoms with Crippen molar-refractivity contribution in [3.05, 3.63) is 41.8 Å². The number of anilines is 1. The van der Waals surface area contributed by atoms with E-state index in [-0.39, 0.29) is 12.5 Å². The van der Waals surface area contributed by atoms with Gasteiger partial charge < -0.3 is 10.1 Å². The maximum absolute atomic E-state index is 12.6. The molecule has 0 unspecified atom stereocenters. The highest BCUT2D eigenvalue weighted by atomic mass is 32.2. The summed E-state index contributed by atoms with van der Waals surface area (Å²) in [6.45, 7) is 0.734. The Balaban J connectivity index is 1.13. The Morgan fingerprint density at radius 1 is 1.09 bits per heavy atom. The molecule has 6 nitrogen and oxygen atoms in total. The van der Waals surface area contributed by atoms with E-state index in [2.05, 4.69) is 5.32 Å². The number of nitrogens with one attached hydrogen (secondary N) is 1. The molecule has 1 amide bonds. The molecule has 0 aliphatic heterocycles. The second-order valence-electron chi connectivity index (χ2n) is 9.88. The van der Waals surface area contributed by atoms with Gasteiger partial charge in [-0.15, -0.1) is 11.3 Å². The van der Waals surface area contributed by atoms with E-state index >= 15 is 0 Å². The zero-order valence-electron chi connectivity index (χ0n) is 18.3. The molecule has 8 heteroatoms. The Morgan fingerprint density at radius 2 is 1.72 bits per heavy atom. The van der Waals surface area contributed by atoms with Gasteiger partial charge in [-0.1, -0.05) is 6.07 Å². The molecule has 0 saturated heterocycles. The molecular formula is C24H30N2O4S2. The molecule has 4 aliphatic carbocycles. The number of nitrogens with zero attached hydrogens (tertiary/aromatic N) is 1. The molecule has 0 atom stereocenters. The number of carbonyl (C=O) groups excluding carboxylic acids is 1. The van der Waals surface area contributed by atoms with Gasteiger partial charge in [0.1, 0.15) is 9.96 Å². The van der Waals surface area contributed by atoms with E-state index in [0.29, 0.717) is 21.1 Å². The maximum atomic E-state index is 12.6. The largest absolute Gasteiger partial charge is 0.484 e. The fourth-order valence-corrected chi connectivity index (χ4v) is 8.79. The molecule has 1 aromatic heterocycles. The number of rotatable bonds is 8. The summed E-state index contributed by atoms with van der Waals surface area (Å²) < 4.78 is 32.5. The molecular weight excluding hydrogens is 444 g/mol. The first-order chi connectivity index (χ1) is 15.3. The molecule has 172 valence electrons. The summed E-state index contributed by atoms with van der Waals surface area (Å²) in [7, 11) is -2.04. The summed E-state index contributed by atoms with van der Waals surface area (Å²) in [5, 5.41) is 4.87. The summed E-state index contributed by atoms with van der Waals surface area (Å²) in [4.78, 5) is 12.4. The lowest BCUT2D eigenvalue weighted by Crippen LogP contribution is -2.51. The summed E-state index contributed by atoms with van der Waals surface area (Å²) in [6.07, 6.45) is 8.00. The standard InChI is InChI=1S/C24H30N2O4S2/c1-26(32(28,29)23-3-2-8-31-23)20-4-6-21(7-5-20)30-15-22(27)25-16-24-12-17-9-18(13-24)11-19(10-17)14-24/h2-8,17-19H,9-16H2,1H3,(H,25,27). The molecule has 2 aromatic rings. The van der Waals surface area contributed by atoms with Gasteiger partial charge in [0.2, 0.25) is 0 Å². The van der Waals surface area contributed by atoms with Gasteiger partial charge in [0.15, 0.2) is 6.61 Å². The van der Waals surface area contributed by atoms with E-state index in [1.54, 1.807) is 41.8 Å². The Hall–Kier alpha value is -2.06. The molecule has 4 fully saturated rings. The molecule has 1 heterocycles. The number of sulfonamides is 1. The Kier molecular flexibility index (Phi) is 5.70. The molecule has 0 radical (unpaired) electrons. The van der Waals surface area contributed by atoms with Crippen LogP contribution in [-0.2, 0) is 14.8 Å². The van der Waals surface area contributed by atoms with Crippen LogP contribution in [0.4, 0.5) is 5.69 Å². The number of benzene rings is 1. The van der Waals surface area contributed by atoms with Crippen molar-refractivity contribution in [3.8, 4) is 5.75 Å². The van der Waals surface area contributed by atoms with E-state index in [4.69, 9.17) is 4.74 Å². The smallest absolute Gasteiger partial charge is 0.273 e. The van der Waals surface area contributed by atoms with E-state index < -0.39 is 10.0 Å². The third-order valence-electron chi connectivity index (χ3n) is 7.51. The second kappa shape index (κ2) is 8.37. The second-order valence-corrected chi connectivity index (χ2v) is 13.0. The Morgan fingerprint density at radius 3 is 2.28 bits per heavy atom. The zero-order chi connectivity index (χ0) is 22.3. The van der Waals surface area contributed by atoms with Crippen molar-refractivity contribution in [2.24, 2.45) is 23.2 Å². The minimum Gasteiger partial charge on any atom is -0.484 e. The molecule has 4 bridgehead atoms. The number of thiophene rings is 1. The molecule has 4 aliphatic rings. The van der Waals surface area contributed by atoms with Crippen molar-refractivity contribution >= 4 is 33.0 Å². The first-order valence-electron chi connectivity index (χ1n) is 11.3.